The zero-order chi connectivity index (χ0) is 20.4. The summed E-state index contributed by atoms with van der Waals surface area (Å²) in [6.07, 6.45) is 0. The highest BCUT2D eigenvalue weighted by Crippen LogP contribution is 2.33. The number of benzene rings is 1. The van der Waals surface area contributed by atoms with Gasteiger partial charge in [0.1, 0.15) is 9.46 Å². The molecule has 0 saturated carbocycles. The lowest BCUT2D eigenvalue weighted by molar-refractivity contribution is 0.385. The Kier molecular flexibility index (Phi) is 6.20. The molecule has 1 unspecified atom stereocenters. The maximum atomic E-state index is 13.9. The van der Waals surface area contributed by atoms with Crippen molar-refractivity contribution in [2.24, 2.45) is 0 Å². The van der Waals surface area contributed by atoms with Crippen molar-refractivity contribution in [2.45, 2.75) is 14.4 Å². The SMILES string of the molecule is COc1ccc(S(=O)(=O)NCC(c2cccs2)S(=O)(=O)c2cccs2)cc1F. The quantitative estimate of drug-likeness (QED) is 0.555. The molecule has 1 atom stereocenters. The van der Waals surface area contributed by atoms with Crippen LogP contribution >= 0.6 is 22.7 Å². The first-order valence-electron chi connectivity index (χ1n) is 7.89. The maximum Gasteiger partial charge on any atom is 0.240 e. The molecule has 28 heavy (non-hydrogen) atoms. The number of hydrogen-bond donors (Lipinski definition) is 1. The topological polar surface area (TPSA) is 89.5 Å². The fourth-order valence-electron chi connectivity index (χ4n) is 2.49. The summed E-state index contributed by atoms with van der Waals surface area (Å²) in [4.78, 5) is 0.196. The van der Waals surface area contributed by atoms with Crippen LogP contribution in [0.25, 0.3) is 0 Å². The molecule has 0 bridgehead atoms. The standard InChI is InChI=1S/C17H16FNO5S4/c1-24-14-7-6-12(10-13(14)18)28(22,23)19-11-16(15-4-2-8-25-15)27(20,21)17-5-3-9-26-17/h2-10,16,19H,11H2,1H3. The molecule has 1 aromatic carbocycles. The third-order valence-electron chi connectivity index (χ3n) is 3.90. The second-order valence-electron chi connectivity index (χ2n) is 5.63. The van der Waals surface area contributed by atoms with Gasteiger partial charge in [0.05, 0.1) is 12.0 Å². The van der Waals surface area contributed by atoms with Gasteiger partial charge in [-0.15, -0.1) is 22.7 Å². The van der Waals surface area contributed by atoms with Gasteiger partial charge in [0.2, 0.25) is 10.0 Å². The molecule has 150 valence electrons. The van der Waals surface area contributed by atoms with Crippen LogP contribution in [-0.4, -0.2) is 30.5 Å². The van der Waals surface area contributed by atoms with Crippen molar-refractivity contribution < 1.29 is 26.0 Å². The highest BCUT2D eigenvalue weighted by atomic mass is 32.2. The number of ether oxygens (including phenoxy) is 1. The minimum absolute atomic E-state index is 0.0873. The summed E-state index contributed by atoms with van der Waals surface area (Å²) in [6.45, 7) is -0.378. The zero-order valence-corrected chi connectivity index (χ0v) is 17.8. The summed E-state index contributed by atoms with van der Waals surface area (Å²) < 4.78 is 72.2. The zero-order valence-electron chi connectivity index (χ0n) is 14.5. The summed E-state index contributed by atoms with van der Waals surface area (Å²) in [7, 11) is -6.65. The van der Waals surface area contributed by atoms with E-state index in [1.165, 1.54) is 36.6 Å². The Morgan fingerprint density at radius 1 is 1.07 bits per heavy atom. The number of nitrogens with one attached hydrogen (secondary N) is 1. The van der Waals surface area contributed by atoms with Crippen LogP contribution < -0.4 is 9.46 Å². The largest absolute Gasteiger partial charge is 0.494 e. The number of methoxy groups -OCH3 is 1. The van der Waals surface area contributed by atoms with Gasteiger partial charge in [0.15, 0.2) is 21.4 Å². The fraction of sp³-hybridized carbons (Fsp3) is 0.176. The third-order valence-corrected chi connectivity index (χ3v) is 9.97. The molecule has 0 fully saturated rings. The van der Waals surface area contributed by atoms with Crippen molar-refractivity contribution in [3.63, 3.8) is 0 Å². The van der Waals surface area contributed by atoms with E-state index in [4.69, 9.17) is 4.74 Å². The summed E-state index contributed by atoms with van der Waals surface area (Å²) in [5.74, 6) is -0.915. The molecule has 2 heterocycles. The van der Waals surface area contributed by atoms with Crippen LogP contribution in [0.15, 0.2) is 62.3 Å². The first-order chi connectivity index (χ1) is 13.3. The number of sulfonamides is 1. The van der Waals surface area contributed by atoms with Crippen LogP contribution in [0.3, 0.4) is 0 Å². The van der Waals surface area contributed by atoms with Crippen molar-refractivity contribution >= 4 is 42.5 Å². The van der Waals surface area contributed by atoms with Crippen molar-refractivity contribution in [1.82, 2.24) is 4.72 Å². The van der Waals surface area contributed by atoms with Crippen LogP contribution in [0, 0.1) is 5.82 Å². The lowest BCUT2D eigenvalue weighted by Crippen LogP contribution is -2.31. The van der Waals surface area contributed by atoms with Crippen LogP contribution in [0.1, 0.15) is 10.1 Å². The molecular weight excluding hydrogens is 445 g/mol. The Hall–Kier alpha value is -1.79. The predicted octanol–water partition coefficient (Wildman–Crippen LogP) is 3.45. The summed E-state index contributed by atoms with van der Waals surface area (Å²) in [5, 5.41) is 2.27. The highest BCUT2D eigenvalue weighted by Gasteiger charge is 2.32. The van der Waals surface area contributed by atoms with E-state index in [9.17, 15) is 21.2 Å². The van der Waals surface area contributed by atoms with Crippen LogP contribution in [-0.2, 0) is 19.9 Å². The second-order valence-corrected chi connectivity index (χ2v) is 11.7. The predicted molar refractivity (Wildman–Crippen MR) is 107 cm³/mol. The summed E-state index contributed by atoms with van der Waals surface area (Å²) in [6, 6.07) is 9.66. The molecule has 0 amide bonds. The monoisotopic (exact) mass is 461 g/mol. The molecule has 11 heteroatoms. The number of thiophene rings is 2. The Bertz CT molecular complexity index is 1140. The van der Waals surface area contributed by atoms with E-state index in [2.05, 4.69) is 4.72 Å². The van der Waals surface area contributed by atoms with E-state index in [0.717, 1.165) is 17.4 Å². The number of rotatable bonds is 8. The smallest absolute Gasteiger partial charge is 0.240 e. The van der Waals surface area contributed by atoms with E-state index < -0.39 is 30.9 Å². The number of halogens is 1. The summed E-state index contributed by atoms with van der Waals surface area (Å²) >= 11 is 2.29. The molecule has 0 spiro atoms. The first kappa shape index (κ1) is 20.9. The Morgan fingerprint density at radius 3 is 2.36 bits per heavy atom. The second kappa shape index (κ2) is 8.29. The van der Waals surface area contributed by atoms with E-state index in [0.29, 0.717) is 4.88 Å². The fourth-order valence-corrected chi connectivity index (χ4v) is 7.64. The number of sulfone groups is 1. The lowest BCUT2D eigenvalue weighted by Gasteiger charge is -2.16. The average Bonchev–Trinajstić information content (AvgIpc) is 3.36. The molecule has 6 nitrogen and oxygen atoms in total. The van der Waals surface area contributed by atoms with Crippen molar-refractivity contribution in [3.05, 3.63) is 63.9 Å². The van der Waals surface area contributed by atoms with Gasteiger partial charge in [-0.05, 0) is 41.1 Å². The molecular formula is C17H16FNO5S4. The summed E-state index contributed by atoms with van der Waals surface area (Å²) in [5.41, 5.74) is 0. The van der Waals surface area contributed by atoms with Crippen LogP contribution in [0.4, 0.5) is 4.39 Å². The van der Waals surface area contributed by atoms with Crippen LogP contribution in [0.5, 0.6) is 5.75 Å². The van der Waals surface area contributed by atoms with Gasteiger partial charge in [-0.25, -0.2) is 25.9 Å². The Balaban J connectivity index is 1.89. The molecule has 0 saturated heterocycles. The minimum atomic E-state index is -4.12. The number of hydrogen-bond acceptors (Lipinski definition) is 7. The molecule has 0 aliphatic carbocycles. The molecule has 0 aliphatic heterocycles. The molecule has 3 aromatic rings. The van der Waals surface area contributed by atoms with Crippen molar-refractivity contribution in [2.75, 3.05) is 13.7 Å². The Morgan fingerprint density at radius 2 is 1.79 bits per heavy atom. The third kappa shape index (κ3) is 4.28. The maximum absolute atomic E-state index is 13.9. The van der Waals surface area contributed by atoms with Gasteiger partial charge in [0.25, 0.3) is 0 Å². The van der Waals surface area contributed by atoms with E-state index in [-0.39, 0.29) is 21.4 Å². The van der Waals surface area contributed by atoms with Gasteiger partial charge in [0, 0.05) is 11.4 Å². The molecule has 0 aliphatic rings. The highest BCUT2D eigenvalue weighted by molar-refractivity contribution is 7.94. The van der Waals surface area contributed by atoms with Gasteiger partial charge in [-0.1, -0.05) is 12.1 Å². The normalized spacial score (nSPS) is 13.4. The Labute approximate surface area is 170 Å². The van der Waals surface area contributed by atoms with Gasteiger partial charge in [-0.2, -0.15) is 0 Å². The molecule has 0 radical (unpaired) electrons. The van der Waals surface area contributed by atoms with Crippen molar-refractivity contribution in [3.8, 4) is 5.75 Å². The average molecular weight is 462 g/mol. The van der Waals surface area contributed by atoms with E-state index in [1.807, 2.05) is 0 Å². The molecule has 1 N–H and O–H groups in total. The minimum Gasteiger partial charge on any atom is -0.494 e. The van der Waals surface area contributed by atoms with E-state index >= 15 is 0 Å². The first-order valence-corrected chi connectivity index (χ1v) is 12.7. The molecule has 2 aromatic heterocycles. The van der Waals surface area contributed by atoms with Crippen LogP contribution in [0.2, 0.25) is 0 Å². The van der Waals surface area contributed by atoms with Crippen molar-refractivity contribution in [1.29, 1.82) is 0 Å². The van der Waals surface area contributed by atoms with Gasteiger partial charge >= 0.3 is 0 Å². The van der Waals surface area contributed by atoms with Gasteiger partial charge < -0.3 is 4.74 Å². The van der Waals surface area contributed by atoms with E-state index in [1.54, 1.807) is 29.0 Å². The molecule has 3 rings (SSSR count). The van der Waals surface area contributed by atoms with Gasteiger partial charge in [-0.3, -0.25) is 0 Å². The lowest BCUT2D eigenvalue weighted by atomic mass is 10.3.